The van der Waals surface area contributed by atoms with Crippen molar-refractivity contribution in [3.8, 4) is 5.75 Å². The van der Waals surface area contributed by atoms with Crippen molar-refractivity contribution in [3.05, 3.63) is 50.6 Å². The average Bonchev–Trinajstić information content (AvgIpc) is 2.77. The van der Waals surface area contributed by atoms with E-state index in [1.807, 2.05) is 29.6 Å². The lowest BCUT2D eigenvalue weighted by atomic mass is 10.1. The quantitative estimate of drug-likeness (QED) is 0.674. The zero-order valence-corrected chi connectivity index (χ0v) is 11.7. The molecule has 0 amide bonds. The molecule has 3 N–H and O–H groups in total. The summed E-state index contributed by atoms with van der Waals surface area (Å²) in [5.41, 5.74) is 3.92. The molecule has 0 saturated carbocycles. The van der Waals surface area contributed by atoms with Crippen LogP contribution in [0.1, 0.15) is 16.5 Å². The molecule has 1 atom stereocenters. The third-order valence-corrected chi connectivity index (χ3v) is 4.22. The molecule has 3 nitrogen and oxygen atoms in total. The number of nitrogens with two attached hydrogens (primary N) is 1. The molecule has 2 aromatic rings. The summed E-state index contributed by atoms with van der Waals surface area (Å²) in [6, 6.07) is 9.94. The third-order valence-electron chi connectivity index (χ3n) is 2.47. The maximum absolute atomic E-state index is 5.64. The molecular formula is C12H13BrN2OS. The van der Waals surface area contributed by atoms with Crippen molar-refractivity contribution in [2.45, 2.75) is 6.04 Å². The minimum Gasteiger partial charge on any atom is -0.497 e. The number of benzene rings is 1. The largest absolute Gasteiger partial charge is 0.497 e. The zero-order valence-electron chi connectivity index (χ0n) is 9.31. The fraction of sp³-hybridized carbons (Fsp3) is 0.167. The second kappa shape index (κ2) is 5.64. The molecule has 1 aromatic heterocycles. The Balaban J connectivity index is 2.34. The van der Waals surface area contributed by atoms with Gasteiger partial charge in [-0.1, -0.05) is 12.1 Å². The number of hydrogen-bond acceptors (Lipinski definition) is 4. The Morgan fingerprint density at radius 3 is 2.82 bits per heavy atom. The first-order valence-corrected chi connectivity index (χ1v) is 6.76. The molecule has 1 unspecified atom stereocenters. The van der Waals surface area contributed by atoms with Gasteiger partial charge < -0.3 is 4.74 Å². The second-order valence-corrected chi connectivity index (χ2v) is 5.40. The minimum atomic E-state index is -0.0126. The SMILES string of the molecule is COc1cccc(C(NN)c2cc(Br)cs2)c1. The molecule has 5 heteroatoms. The van der Waals surface area contributed by atoms with Gasteiger partial charge >= 0.3 is 0 Å². The molecule has 0 aliphatic heterocycles. The maximum atomic E-state index is 5.64. The molecule has 0 aliphatic carbocycles. The van der Waals surface area contributed by atoms with Gasteiger partial charge in [-0.2, -0.15) is 0 Å². The smallest absolute Gasteiger partial charge is 0.119 e. The van der Waals surface area contributed by atoms with Crippen molar-refractivity contribution in [2.24, 2.45) is 5.84 Å². The Morgan fingerprint density at radius 2 is 2.24 bits per heavy atom. The van der Waals surface area contributed by atoms with Gasteiger partial charge in [0, 0.05) is 14.7 Å². The number of halogens is 1. The summed E-state index contributed by atoms with van der Waals surface area (Å²) < 4.78 is 6.29. The van der Waals surface area contributed by atoms with Crippen LogP contribution in [0, 0.1) is 0 Å². The summed E-state index contributed by atoms with van der Waals surface area (Å²) in [6.45, 7) is 0. The first-order chi connectivity index (χ1) is 8.24. The van der Waals surface area contributed by atoms with Crippen LogP contribution in [0.2, 0.25) is 0 Å². The first kappa shape index (κ1) is 12.6. The monoisotopic (exact) mass is 312 g/mol. The molecule has 17 heavy (non-hydrogen) atoms. The van der Waals surface area contributed by atoms with Gasteiger partial charge in [-0.3, -0.25) is 5.84 Å². The molecule has 0 spiro atoms. The van der Waals surface area contributed by atoms with E-state index in [9.17, 15) is 0 Å². The number of thiophene rings is 1. The molecule has 0 radical (unpaired) electrons. The van der Waals surface area contributed by atoms with Crippen molar-refractivity contribution in [3.63, 3.8) is 0 Å². The van der Waals surface area contributed by atoms with E-state index in [1.54, 1.807) is 18.4 Å². The van der Waals surface area contributed by atoms with Crippen LogP contribution in [-0.4, -0.2) is 7.11 Å². The Kier molecular flexibility index (Phi) is 4.17. The van der Waals surface area contributed by atoms with Crippen molar-refractivity contribution < 1.29 is 4.74 Å². The maximum Gasteiger partial charge on any atom is 0.119 e. The van der Waals surface area contributed by atoms with Crippen molar-refractivity contribution in [1.82, 2.24) is 5.43 Å². The zero-order chi connectivity index (χ0) is 12.3. The highest BCUT2D eigenvalue weighted by molar-refractivity contribution is 9.10. The number of hydrazine groups is 1. The predicted molar refractivity (Wildman–Crippen MR) is 74.2 cm³/mol. The molecule has 1 heterocycles. The Labute approximate surface area is 113 Å². The summed E-state index contributed by atoms with van der Waals surface area (Å²) in [6.07, 6.45) is 0. The van der Waals surface area contributed by atoms with Crippen LogP contribution >= 0.6 is 27.3 Å². The van der Waals surface area contributed by atoms with Crippen LogP contribution in [0.4, 0.5) is 0 Å². The highest BCUT2D eigenvalue weighted by atomic mass is 79.9. The number of methoxy groups -OCH3 is 1. The standard InChI is InChI=1S/C12H13BrN2OS/c1-16-10-4-2-3-8(5-10)12(15-14)11-6-9(13)7-17-11/h2-7,12,15H,14H2,1H3. The van der Waals surface area contributed by atoms with E-state index >= 15 is 0 Å². The van der Waals surface area contributed by atoms with Crippen LogP contribution in [0.3, 0.4) is 0 Å². The van der Waals surface area contributed by atoms with Crippen LogP contribution in [0.25, 0.3) is 0 Å². The van der Waals surface area contributed by atoms with E-state index in [0.29, 0.717) is 0 Å². The average molecular weight is 313 g/mol. The molecule has 90 valence electrons. The molecule has 1 aromatic carbocycles. The Bertz CT molecular complexity index is 501. The van der Waals surface area contributed by atoms with Gasteiger partial charge in [0.05, 0.1) is 13.2 Å². The van der Waals surface area contributed by atoms with E-state index < -0.39 is 0 Å². The lowest BCUT2D eigenvalue weighted by molar-refractivity contribution is 0.413. The van der Waals surface area contributed by atoms with Gasteiger partial charge in [0.2, 0.25) is 0 Å². The lowest BCUT2D eigenvalue weighted by Gasteiger charge is -2.15. The summed E-state index contributed by atoms with van der Waals surface area (Å²) in [5.74, 6) is 6.47. The molecule has 0 aliphatic rings. The van der Waals surface area contributed by atoms with Crippen molar-refractivity contribution in [2.75, 3.05) is 7.11 Å². The molecule has 2 rings (SSSR count). The van der Waals surface area contributed by atoms with Crippen molar-refractivity contribution in [1.29, 1.82) is 0 Å². The second-order valence-electron chi connectivity index (χ2n) is 3.54. The molecule has 0 saturated heterocycles. The van der Waals surface area contributed by atoms with Gasteiger partial charge in [-0.15, -0.1) is 11.3 Å². The number of rotatable bonds is 4. The number of nitrogens with one attached hydrogen (secondary N) is 1. The van der Waals surface area contributed by atoms with E-state index in [2.05, 4.69) is 27.4 Å². The Hall–Kier alpha value is -0.880. The number of ether oxygens (including phenoxy) is 1. The summed E-state index contributed by atoms with van der Waals surface area (Å²) in [4.78, 5) is 1.16. The van der Waals surface area contributed by atoms with Gasteiger partial charge in [-0.05, 0) is 39.7 Å². The van der Waals surface area contributed by atoms with Crippen molar-refractivity contribution >= 4 is 27.3 Å². The third kappa shape index (κ3) is 2.87. The first-order valence-electron chi connectivity index (χ1n) is 5.08. The fourth-order valence-electron chi connectivity index (χ4n) is 1.64. The Morgan fingerprint density at radius 1 is 1.41 bits per heavy atom. The normalized spacial score (nSPS) is 12.4. The van der Waals surface area contributed by atoms with Gasteiger partial charge in [0.25, 0.3) is 0 Å². The minimum absolute atomic E-state index is 0.0126. The van der Waals surface area contributed by atoms with E-state index in [0.717, 1.165) is 20.7 Å². The summed E-state index contributed by atoms with van der Waals surface area (Å²) in [7, 11) is 1.66. The van der Waals surface area contributed by atoms with Crippen LogP contribution in [-0.2, 0) is 0 Å². The summed E-state index contributed by atoms with van der Waals surface area (Å²) in [5, 5.41) is 2.04. The topological polar surface area (TPSA) is 47.3 Å². The van der Waals surface area contributed by atoms with Crippen LogP contribution in [0.5, 0.6) is 5.75 Å². The van der Waals surface area contributed by atoms with E-state index in [4.69, 9.17) is 10.6 Å². The summed E-state index contributed by atoms with van der Waals surface area (Å²) >= 11 is 5.11. The van der Waals surface area contributed by atoms with E-state index in [-0.39, 0.29) is 6.04 Å². The van der Waals surface area contributed by atoms with Gasteiger partial charge in [-0.25, -0.2) is 5.43 Å². The van der Waals surface area contributed by atoms with E-state index in [1.165, 1.54) is 0 Å². The van der Waals surface area contributed by atoms with Gasteiger partial charge in [0.1, 0.15) is 5.75 Å². The molecule has 0 bridgehead atoms. The molecule has 0 fully saturated rings. The lowest BCUT2D eigenvalue weighted by Crippen LogP contribution is -2.28. The molecular weight excluding hydrogens is 300 g/mol. The van der Waals surface area contributed by atoms with Crippen LogP contribution in [0.15, 0.2) is 40.2 Å². The van der Waals surface area contributed by atoms with Crippen LogP contribution < -0.4 is 16.0 Å². The number of hydrogen-bond donors (Lipinski definition) is 2. The van der Waals surface area contributed by atoms with Gasteiger partial charge in [0.15, 0.2) is 0 Å². The highest BCUT2D eigenvalue weighted by Gasteiger charge is 2.14. The predicted octanol–water partition coefficient (Wildman–Crippen LogP) is 3.07. The highest BCUT2D eigenvalue weighted by Crippen LogP contribution is 2.30. The fourth-order valence-corrected chi connectivity index (χ4v) is 3.17.